The van der Waals surface area contributed by atoms with E-state index in [0.717, 1.165) is 16.9 Å². The van der Waals surface area contributed by atoms with Crippen LogP contribution >= 0.6 is 11.8 Å². The normalized spacial score (nSPS) is 11.0. The fourth-order valence-electron chi connectivity index (χ4n) is 2.15. The number of hydrogen-bond donors (Lipinski definition) is 1. The quantitative estimate of drug-likeness (QED) is 0.369. The Hall–Kier alpha value is -2.87. The molecule has 1 amide bonds. The topological polar surface area (TPSA) is 93.8 Å². The molecule has 148 valence electrons. The van der Waals surface area contributed by atoms with Crippen molar-refractivity contribution < 1.29 is 14.5 Å². The summed E-state index contributed by atoms with van der Waals surface area (Å²) in [4.78, 5) is 22.2. The van der Waals surface area contributed by atoms with Gasteiger partial charge in [-0.3, -0.25) is 14.9 Å². The fraction of sp³-hybridized carbons (Fsp3) is 0.300. The summed E-state index contributed by atoms with van der Waals surface area (Å²) in [6.07, 6.45) is 1.56. The van der Waals surface area contributed by atoms with Gasteiger partial charge in [-0.15, -0.1) is 11.8 Å². The summed E-state index contributed by atoms with van der Waals surface area (Å²) < 4.78 is 5.61. The van der Waals surface area contributed by atoms with Crippen molar-refractivity contribution in [2.24, 2.45) is 11.0 Å². The lowest BCUT2D eigenvalue weighted by Gasteiger charge is -2.08. The maximum atomic E-state index is 11.8. The van der Waals surface area contributed by atoms with Crippen molar-refractivity contribution >= 4 is 29.6 Å². The molecule has 0 aliphatic carbocycles. The van der Waals surface area contributed by atoms with Crippen LogP contribution < -0.4 is 10.2 Å². The predicted octanol–water partition coefficient (Wildman–Crippen LogP) is 4.01. The van der Waals surface area contributed by atoms with Crippen molar-refractivity contribution in [3.8, 4) is 5.75 Å². The average molecular weight is 401 g/mol. The standard InChI is InChI=1S/C20H23N3O4S/c1-15(2)12-27-19-8-6-16(7-9-19)11-21-22-20(24)14-28-13-17-4-3-5-18(10-17)23(25)26/h3-11,15H,12-14H2,1-2H3,(H,22,24)/b21-11-. The molecule has 0 spiro atoms. The van der Waals surface area contributed by atoms with E-state index >= 15 is 0 Å². The Labute approximate surface area is 168 Å². The number of carbonyl (C=O) groups excluding carboxylic acids is 1. The fourth-order valence-corrected chi connectivity index (χ4v) is 2.91. The lowest BCUT2D eigenvalue weighted by molar-refractivity contribution is -0.384. The number of ether oxygens (including phenoxy) is 1. The van der Waals surface area contributed by atoms with E-state index in [-0.39, 0.29) is 17.3 Å². The number of amides is 1. The first-order chi connectivity index (χ1) is 13.4. The number of benzene rings is 2. The van der Waals surface area contributed by atoms with Crippen molar-refractivity contribution in [3.05, 3.63) is 69.8 Å². The van der Waals surface area contributed by atoms with Gasteiger partial charge in [-0.1, -0.05) is 26.0 Å². The molecule has 0 heterocycles. The molecule has 0 saturated heterocycles. The van der Waals surface area contributed by atoms with Gasteiger partial charge in [-0.05, 0) is 41.3 Å². The summed E-state index contributed by atoms with van der Waals surface area (Å²) in [7, 11) is 0. The number of hydrazone groups is 1. The molecule has 0 saturated carbocycles. The molecule has 0 bridgehead atoms. The Balaban J connectivity index is 1.71. The van der Waals surface area contributed by atoms with Gasteiger partial charge in [0.1, 0.15) is 5.75 Å². The van der Waals surface area contributed by atoms with Gasteiger partial charge in [0.25, 0.3) is 5.69 Å². The molecular weight excluding hydrogens is 378 g/mol. The van der Waals surface area contributed by atoms with Crippen molar-refractivity contribution in [3.63, 3.8) is 0 Å². The molecule has 0 aliphatic rings. The summed E-state index contributed by atoms with van der Waals surface area (Å²) in [6.45, 7) is 4.84. The highest BCUT2D eigenvalue weighted by Gasteiger charge is 2.06. The number of carbonyl (C=O) groups is 1. The highest BCUT2D eigenvalue weighted by atomic mass is 32.2. The summed E-state index contributed by atoms with van der Waals surface area (Å²) in [5.41, 5.74) is 4.17. The molecule has 0 atom stereocenters. The highest BCUT2D eigenvalue weighted by molar-refractivity contribution is 7.99. The van der Waals surface area contributed by atoms with Crippen LogP contribution in [0.5, 0.6) is 5.75 Å². The Bertz CT molecular complexity index is 822. The second kappa shape index (κ2) is 11.1. The lowest BCUT2D eigenvalue weighted by Crippen LogP contribution is -2.19. The molecular formula is C20H23N3O4S. The Morgan fingerprint density at radius 3 is 2.71 bits per heavy atom. The first kappa shape index (κ1) is 21.4. The summed E-state index contributed by atoms with van der Waals surface area (Å²) in [6, 6.07) is 13.8. The molecule has 0 aliphatic heterocycles. The number of non-ortho nitro benzene ring substituents is 1. The zero-order valence-electron chi connectivity index (χ0n) is 15.8. The van der Waals surface area contributed by atoms with Crippen molar-refractivity contribution in [2.75, 3.05) is 12.4 Å². The summed E-state index contributed by atoms with van der Waals surface area (Å²) >= 11 is 1.37. The van der Waals surface area contributed by atoms with Gasteiger partial charge >= 0.3 is 0 Å². The Morgan fingerprint density at radius 1 is 1.29 bits per heavy atom. The molecule has 7 nitrogen and oxygen atoms in total. The van der Waals surface area contributed by atoms with Crippen LogP contribution in [0.4, 0.5) is 5.69 Å². The number of nitro groups is 1. The third-order valence-electron chi connectivity index (χ3n) is 3.49. The van der Waals surface area contributed by atoms with Crippen molar-refractivity contribution in [1.29, 1.82) is 0 Å². The van der Waals surface area contributed by atoms with Gasteiger partial charge in [-0.2, -0.15) is 5.10 Å². The van der Waals surface area contributed by atoms with Gasteiger partial charge < -0.3 is 4.74 Å². The smallest absolute Gasteiger partial charge is 0.269 e. The zero-order valence-corrected chi connectivity index (χ0v) is 16.6. The molecule has 28 heavy (non-hydrogen) atoms. The van der Waals surface area contributed by atoms with Crippen LogP contribution in [0.1, 0.15) is 25.0 Å². The van der Waals surface area contributed by atoms with Crippen molar-refractivity contribution in [2.45, 2.75) is 19.6 Å². The van der Waals surface area contributed by atoms with Crippen LogP contribution in [0.2, 0.25) is 0 Å². The van der Waals surface area contributed by atoms with Crippen LogP contribution in [0.3, 0.4) is 0 Å². The van der Waals surface area contributed by atoms with E-state index in [9.17, 15) is 14.9 Å². The third kappa shape index (κ3) is 7.79. The monoisotopic (exact) mass is 401 g/mol. The molecule has 0 unspecified atom stereocenters. The first-order valence-electron chi connectivity index (χ1n) is 8.80. The van der Waals surface area contributed by atoms with E-state index in [2.05, 4.69) is 24.4 Å². The number of rotatable bonds is 10. The second-order valence-corrected chi connectivity index (χ2v) is 7.47. The largest absolute Gasteiger partial charge is 0.493 e. The minimum Gasteiger partial charge on any atom is -0.493 e. The molecule has 8 heteroatoms. The van der Waals surface area contributed by atoms with Crippen molar-refractivity contribution in [1.82, 2.24) is 5.43 Å². The second-order valence-electron chi connectivity index (χ2n) is 6.49. The highest BCUT2D eigenvalue weighted by Crippen LogP contribution is 2.18. The molecule has 2 aromatic carbocycles. The van der Waals surface area contributed by atoms with E-state index in [1.807, 2.05) is 24.3 Å². The lowest BCUT2D eigenvalue weighted by atomic mass is 10.2. The molecule has 2 aromatic rings. The first-order valence-corrected chi connectivity index (χ1v) is 9.95. The third-order valence-corrected chi connectivity index (χ3v) is 4.49. The molecule has 1 N–H and O–H groups in total. The Kier molecular flexibility index (Phi) is 8.48. The zero-order chi connectivity index (χ0) is 20.4. The predicted molar refractivity (Wildman–Crippen MR) is 112 cm³/mol. The minimum atomic E-state index is -0.432. The van der Waals surface area contributed by atoms with Gasteiger partial charge in [-0.25, -0.2) is 5.43 Å². The van der Waals surface area contributed by atoms with E-state index < -0.39 is 4.92 Å². The average Bonchev–Trinajstić information content (AvgIpc) is 2.67. The number of nitrogens with one attached hydrogen (secondary N) is 1. The SMILES string of the molecule is CC(C)COc1ccc(/C=N\NC(=O)CSCc2cccc([N+](=O)[O-])c2)cc1. The number of nitrogens with zero attached hydrogens (tertiary/aromatic N) is 2. The summed E-state index contributed by atoms with van der Waals surface area (Å²) in [5.74, 6) is 1.75. The maximum Gasteiger partial charge on any atom is 0.269 e. The van der Waals surface area contributed by atoms with E-state index in [0.29, 0.717) is 18.3 Å². The van der Waals surface area contributed by atoms with Gasteiger partial charge in [0.05, 0.1) is 23.5 Å². The van der Waals surface area contributed by atoms with E-state index in [1.165, 1.54) is 23.9 Å². The maximum absolute atomic E-state index is 11.8. The molecule has 0 radical (unpaired) electrons. The van der Waals surface area contributed by atoms with Gasteiger partial charge in [0, 0.05) is 17.9 Å². The van der Waals surface area contributed by atoms with E-state index in [1.54, 1.807) is 18.3 Å². The molecule has 0 fully saturated rings. The Morgan fingerprint density at radius 2 is 2.04 bits per heavy atom. The molecule has 0 aromatic heterocycles. The van der Waals surface area contributed by atoms with Crippen LogP contribution in [0.15, 0.2) is 53.6 Å². The minimum absolute atomic E-state index is 0.0489. The number of thioether (sulfide) groups is 1. The number of hydrogen-bond acceptors (Lipinski definition) is 6. The van der Waals surface area contributed by atoms with Crippen LogP contribution in [0, 0.1) is 16.0 Å². The van der Waals surface area contributed by atoms with Crippen LogP contribution in [0.25, 0.3) is 0 Å². The van der Waals surface area contributed by atoms with Crippen LogP contribution in [-0.4, -0.2) is 29.4 Å². The van der Waals surface area contributed by atoms with E-state index in [4.69, 9.17) is 4.74 Å². The van der Waals surface area contributed by atoms with Gasteiger partial charge in [0.2, 0.25) is 5.91 Å². The van der Waals surface area contributed by atoms with Gasteiger partial charge in [0.15, 0.2) is 0 Å². The molecule has 2 rings (SSSR count). The van der Waals surface area contributed by atoms with Crippen LogP contribution in [-0.2, 0) is 10.5 Å². The summed E-state index contributed by atoms with van der Waals surface area (Å²) in [5, 5.41) is 14.7. The number of nitro benzene ring substituents is 1.